The fourth-order valence-electron chi connectivity index (χ4n) is 1.58. The summed E-state index contributed by atoms with van der Waals surface area (Å²) in [4.78, 5) is 0. The zero-order valence-electron chi connectivity index (χ0n) is 7.36. The molecule has 3 nitrogen and oxygen atoms in total. The van der Waals surface area contributed by atoms with Gasteiger partial charge in [0.25, 0.3) is 0 Å². The van der Waals surface area contributed by atoms with Crippen molar-refractivity contribution in [3.8, 4) is 11.5 Å². The quantitative estimate of drug-likeness (QED) is 0.673. The number of hydrogen-bond acceptors (Lipinski definition) is 3. The second kappa shape index (κ2) is 3.26. The number of hydrogen-bond donors (Lipinski definition) is 2. The Morgan fingerprint density at radius 2 is 2.38 bits per heavy atom. The van der Waals surface area contributed by atoms with Crippen LogP contribution in [0.1, 0.15) is 5.56 Å². The smallest absolute Gasteiger partial charge is 0.126 e. The van der Waals surface area contributed by atoms with E-state index in [0.29, 0.717) is 19.1 Å². The lowest BCUT2D eigenvalue weighted by Gasteiger charge is -2.24. The van der Waals surface area contributed by atoms with E-state index in [0.717, 1.165) is 17.7 Å². The molecular formula is C10H13NO2. The predicted octanol–water partition coefficient (Wildman–Crippen LogP) is 0.902. The molecule has 0 fully saturated rings. The molecule has 0 bridgehead atoms. The van der Waals surface area contributed by atoms with E-state index in [9.17, 15) is 5.11 Å². The van der Waals surface area contributed by atoms with Crippen LogP contribution in [-0.4, -0.2) is 18.3 Å². The van der Waals surface area contributed by atoms with Crippen molar-refractivity contribution < 1.29 is 9.84 Å². The number of phenols is 1. The van der Waals surface area contributed by atoms with E-state index < -0.39 is 0 Å². The van der Waals surface area contributed by atoms with Crippen LogP contribution in [0, 0.1) is 5.92 Å². The van der Waals surface area contributed by atoms with Gasteiger partial charge in [0.15, 0.2) is 0 Å². The van der Waals surface area contributed by atoms with E-state index in [4.69, 9.17) is 10.5 Å². The minimum atomic E-state index is 0.255. The van der Waals surface area contributed by atoms with Gasteiger partial charge in [0, 0.05) is 12.0 Å². The van der Waals surface area contributed by atoms with Crippen molar-refractivity contribution in [1.29, 1.82) is 0 Å². The Balaban J connectivity index is 2.26. The normalized spacial score (nSPS) is 20.5. The molecule has 0 saturated carbocycles. The number of aromatic hydroxyl groups is 1. The second-order valence-corrected chi connectivity index (χ2v) is 3.41. The summed E-state index contributed by atoms with van der Waals surface area (Å²) in [6, 6.07) is 5.23. The number of fused-ring (bicyclic) bond motifs is 1. The maximum Gasteiger partial charge on any atom is 0.126 e. The molecule has 1 aliphatic rings. The fourth-order valence-corrected chi connectivity index (χ4v) is 1.58. The monoisotopic (exact) mass is 179 g/mol. The highest BCUT2D eigenvalue weighted by atomic mass is 16.5. The SMILES string of the molecule is NCC1COc2cc(O)ccc2C1. The molecule has 13 heavy (non-hydrogen) atoms. The molecule has 2 rings (SSSR count). The summed E-state index contributed by atoms with van der Waals surface area (Å²) < 4.78 is 5.47. The number of benzene rings is 1. The summed E-state index contributed by atoms with van der Waals surface area (Å²) in [5, 5.41) is 9.21. The van der Waals surface area contributed by atoms with Gasteiger partial charge in [-0.25, -0.2) is 0 Å². The van der Waals surface area contributed by atoms with Crippen LogP contribution in [0.15, 0.2) is 18.2 Å². The highest BCUT2D eigenvalue weighted by molar-refractivity contribution is 5.41. The minimum absolute atomic E-state index is 0.255. The average Bonchev–Trinajstić information content (AvgIpc) is 2.17. The lowest BCUT2D eigenvalue weighted by molar-refractivity contribution is 0.225. The molecule has 1 heterocycles. The third-order valence-corrected chi connectivity index (χ3v) is 2.37. The lowest BCUT2D eigenvalue weighted by atomic mass is 9.97. The first-order valence-electron chi connectivity index (χ1n) is 4.44. The molecule has 1 unspecified atom stereocenters. The van der Waals surface area contributed by atoms with Crippen LogP contribution in [0.3, 0.4) is 0 Å². The maximum atomic E-state index is 9.21. The van der Waals surface area contributed by atoms with E-state index in [1.807, 2.05) is 6.07 Å². The molecule has 1 aromatic rings. The molecule has 0 aromatic heterocycles. The third kappa shape index (κ3) is 1.60. The van der Waals surface area contributed by atoms with Crippen molar-refractivity contribution in [2.24, 2.45) is 11.7 Å². The highest BCUT2D eigenvalue weighted by Crippen LogP contribution is 2.29. The number of rotatable bonds is 1. The van der Waals surface area contributed by atoms with Crippen molar-refractivity contribution in [2.45, 2.75) is 6.42 Å². The molecule has 0 radical (unpaired) electrons. The Labute approximate surface area is 77.1 Å². The van der Waals surface area contributed by atoms with Gasteiger partial charge in [-0.1, -0.05) is 6.07 Å². The van der Waals surface area contributed by atoms with E-state index in [-0.39, 0.29) is 5.75 Å². The van der Waals surface area contributed by atoms with Crippen molar-refractivity contribution in [2.75, 3.05) is 13.2 Å². The second-order valence-electron chi connectivity index (χ2n) is 3.41. The number of nitrogens with two attached hydrogens (primary N) is 1. The first kappa shape index (κ1) is 8.38. The van der Waals surface area contributed by atoms with Crippen LogP contribution in [0.25, 0.3) is 0 Å². The molecule has 1 aromatic carbocycles. The zero-order valence-corrected chi connectivity index (χ0v) is 7.36. The van der Waals surface area contributed by atoms with Crippen LogP contribution in [0.4, 0.5) is 0 Å². The first-order chi connectivity index (χ1) is 6.29. The van der Waals surface area contributed by atoms with E-state index in [2.05, 4.69) is 0 Å². The molecule has 1 atom stereocenters. The standard InChI is InChI=1S/C10H13NO2/c11-5-7-3-8-1-2-9(12)4-10(8)13-6-7/h1-2,4,7,12H,3,5-6,11H2. The Bertz CT molecular complexity index is 312. The highest BCUT2D eigenvalue weighted by Gasteiger charge is 2.18. The fraction of sp³-hybridized carbons (Fsp3) is 0.400. The Hall–Kier alpha value is -1.22. The Morgan fingerprint density at radius 1 is 1.54 bits per heavy atom. The van der Waals surface area contributed by atoms with Gasteiger partial charge < -0.3 is 15.6 Å². The molecule has 0 amide bonds. The van der Waals surface area contributed by atoms with Crippen molar-refractivity contribution in [3.05, 3.63) is 23.8 Å². The van der Waals surface area contributed by atoms with Crippen molar-refractivity contribution >= 4 is 0 Å². The molecule has 0 saturated heterocycles. The number of phenolic OH excluding ortho intramolecular Hbond substituents is 1. The topological polar surface area (TPSA) is 55.5 Å². The van der Waals surface area contributed by atoms with Crippen LogP contribution in [-0.2, 0) is 6.42 Å². The summed E-state index contributed by atoms with van der Waals surface area (Å²) in [5.74, 6) is 1.46. The first-order valence-corrected chi connectivity index (χ1v) is 4.44. The number of ether oxygens (including phenoxy) is 1. The Morgan fingerprint density at radius 3 is 3.15 bits per heavy atom. The van der Waals surface area contributed by atoms with E-state index >= 15 is 0 Å². The van der Waals surface area contributed by atoms with Crippen LogP contribution >= 0.6 is 0 Å². The summed E-state index contributed by atoms with van der Waals surface area (Å²) >= 11 is 0. The van der Waals surface area contributed by atoms with Gasteiger partial charge in [0.2, 0.25) is 0 Å². The third-order valence-electron chi connectivity index (χ3n) is 2.37. The van der Waals surface area contributed by atoms with Crippen LogP contribution in [0.2, 0.25) is 0 Å². The van der Waals surface area contributed by atoms with Gasteiger partial charge in [-0.3, -0.25) is 0 Å². The lowest BCUT2D eigenvalue weighted by Crippen LogP contribution is -2.27. The predicted molar refractivity (Wildman–Crippen MR) is 49.9 cm³/mol. The van der Waals surface area contributed by atoms with Crippen LogP contribution in [0.5, 0.6) is 11.5 Å². The van der Waals surface area contributed by atoms with Gasteiger partial charge >= 0.3 is 0 Å². The Kier molecular flexibility index (Phi) is 2.10. The van der Waals surface area contributed by atoms with E-state index in [1.54, 1.807) is 12.1 Å². The van der Waals surface area contributed by atoms with Gasteiger partial charge in [0.1, 0.15) is 11.5 Å². The molecule has 3 N–H and O–H groups in total. The average molecular weight is 179 g/mol. The summed E-state index contributed by atoms with van der Waals surface area (Å²) in [6.45, 7) is 1.31. The summed E-state index contributed by atoms with van der Waals surface area (Å²) in [6.07, 6.45) is 0.951. The molecule has 0 aliphatic carbocycles. The van der Waals surface area contributed by atoms with Crippen LogP contribution < -0.4 is 10.5 Å². The van der Waals surface area contributed by atoms with Gasteiger partial charge in [-0.05, 0) is 24.6 Å². The minimum Gasteiger partial charge on any atom is -0.508 e. The summed E-state index contributed by atoms with van der Waals surface area (Å²) in [7, 11) is 0. The van der Waals surface area contributed by atoms with Crippen molar-refractivity contribution in [3.63, 3.8) is 0 Å². The molecule has 3 heteroatoms. The van der Waals surface area contributed by atoms with Crippen molar-refractivity contribution in [1.82, 2.24) is 0 Å². The van der Waals surface area contributed by atoms with Gasteiger partial charge in [-0.15, -0.1) is 0 Å². The van der Waals surface area contributed by atoms with Gasteiger partial charge in [0.05, 0.1) is 6.61 Å². The molecule has 0 spiro atoms. The summed E-state index contributed by atoms with van der Waals surface area (Å²) in [5.41, 5.74) is 6.70. The zero-order chi connectivity index (χ0) is 9.26. The molecular weight excluding hydrogens is 166 g/mol. The van der Waals surface area contributed by atoms with Gasteiger partial charge in [-0.2, -0.15) is 0 Å². The molecule has 1 aliphatic heterocycles. The van der Waals surface area contributed by atoms with E-state index in [1.165, 1.54) is 0 Å². The maximum absolute atomic E-state index is 9.21. The molecule has 70 valence electrons. The largest absolute Gasteiger partial charge is 0.508 e.